The van der Waals surface area contributed by atoms with Crippen LogP contribution in [-0.4, -0.2) is 26.7 Å². The Balaban J connectivity index is 2.45. The summed E-state index contributed by atoms with van der Waals surface area (Å²) in [5.74, 6) is 0.889. The van der Waals surface area contributed by atoms with Crippen molar-refractivity contribution in [1.29, 1.82) is 0 Å². The molecular weight excluding hydrogens is 105 g/mol. The smallest absolute Gasteiger partial charge is 0.0670 e. The number of hydrogen-bond acceptors (Lipinski definition) is 2. The third kappa shape index (κ3) is 6.37. The summed E-state index contributed by atoms with van der Waals surface area (Å²) >= 11 is 3.99. The predicted molar refractivity (Wildman–Crippen MR) is 37.3 cm³/mol. The van der Waals surface area contributed by atoms with Gasteiger partial charge in [-0.05, 0) is 6.54 Å². The quantitative estimate of drug-likeness (QED) is 0.300. The fourth-order valence-corrected chi connectivity index (χ4v) is 0.464. The zero-order valence-corrected chi connectivity index (χ0v) is 5.25. The molecule has 0 aliphatic heterocycles. The second-order valence-corrected chi connectivity index (χ2v) is 1.71. The Morgan fingerprint density at radius 3 is 2.57 bits per heavy atom. The molecule has 0 amide bonds. The van der Waals surface area contributed by atoms with Crippen molar-refractivity contribution in [2.75, 3.05) is 18.8 Å². The molecule has 0 bridgehead atoms. The lowest BCUT2D eigenvalue weighted by atomic mass is 10.1. The molecule has 0 saturated heterocycles. The van der Waals surface area contributed by atoms with Crippen LogP contribution in [0, 0.1) is 0 Å². The van der Waals surface area contributed by atoms with Crippen molar-refractivity contribution in [1.82, 2.24) is 5.32 Å². The molecule has 1 nitrogen and oxygen atoms in total. The highest BCUT2D eigenvalue weighted by Crippen LogP contribution is 1.69. The molecule has 0 atom stereocenters. The lowest BCUT2D eigenvalue weighted by molar-refractivity contribution is 0.769. The highest BCUT2D eigenvalue weighted by atomic mass is 32.1. The van der Waals surface area contributed by atoms with Crippen LogP contribution < -0.4 is 5.32 Å². The van der Waals surface area contributed by atoms with Gasteiger partial charge in [0.2, 0.25) is 0 Å². The minimum atomic E-state index is 0.716. The zero-order valence-electron chi connectivity index (χ0n) is 4.35. The van der Waals surface area contributed by atoms with E-state index in [4.69, 9.17) is 7.85 Å². The molecule has 0 aromatic heterocycles. The first-order valence-corrected chi connectivity index (χ1v) is 3.06. The maximum absolute atomic E-state index is 5.18. The van der Waals surface area contributed by atoms with Gasteiger partial charge in [-0.25, -0.2) is 0 Å². The predicted octanol–water partition coefficient (Wildman–Crippen LogP) is 0.0926. The van der Waals surface area contributed by atoms with Gasteiger partial charge in [0.15, 0.2) is 0 Å². The van der Waals surface area contributed by atoms with Gasteiger partial charge in [-0.1, -0.05) is 6.32 Å². The third-order valence-electron chi connectivity index (χ3n) is 0.610. The van der Waals surface area contributed by atoms with Crippen molar-refractivity contribution in [3.05, 3.63) is 0 Å². The van der Waals surface area contributed by atoms with Crippen molar-refractivity contribution in [2.45, 2.75) is 6.32 Å². The van der Waals surface area contributed by atoms with E-state index in [2.05, 4.69) is 17.9 Å². The van der Waals surface area contributed by atoms with Crippen molar-refractivity contribution < 1.29 is 0 Å². The van der Waals surface area contributed by atoms with E-state index >= 15 is 0 Å². The van der Waals surface area contributed by atoms with Gasteiger partial charge in [-0.15, -0.1) is 0 Å². The summed E-state index contributed by atoms with van der Waals surface area (Å²) in [6.07, 6.45) is 0.716. The first-order valence-electron chi connectivity index (χ1n) is 2.43. The number of nitrogens with one attached hydrogen (secondary N) is 1. The summed E-state index contributed by atoms with van der Waals surface area (Å²) in [5, 5.41) is 3.08. The van der Waals surface area contributed by atoms with E-state index in [0.717, 1.165) is 18.8 Å². The number of rotatable bonds is 4. The van der Waals surface area contributed by atoms with Crippen LogP contribution in [0.1, 0.15) is 0 Å². The molecule has 0 heterocycles. The maximum atomic E-state index is 5.18. The standard InChI is InChI=1S/C4H10BNS/c5-1-2-6-3-4-7/h6-7H,1-4H2. The van der Waals surface area contributed by atoms with Crippen molar-refractivity contribution in [3.8, 4) is 0 Å². The SMILES string of the molecule is [B]CCNCCS. The van der Waals surface area contributed by atoms with Crippen LogP contribution in [0.5, 0.6) is 0 Å². The Morgan fingerprint density at radius 2 is 2.14 bits per heavy atom. The molecular formula is C4H10BNS. The molecule has 0 fully saturated rings. The molecule has 0 spiro atoms. The molecule has 0 rings (SSSR count). The lowest BCUT2D eigenvalue weighted by Crippen LogP contribution is -2.16. The highest BCUT2D eigenvalue weighted by Gasteiger charge is 1.76. The van der Waals surface area contributed by atoms with Crippen LogP contribution in [0.3, 0.4) is 0 Å². The van der Waals surface area contributed by atoms with Gasteiger partial charge < -0.3 is 5.32 Å². The van der Waals surface area contributed by atoms with Gasteiger partial charge in [-0.2, -0.15) is 12.6 Å². The van der Waals surface area contributed by atoms with E-state index < -0.39 is 0 Å². The molecule has 0 unspecified atom stereocenters. The molecule has 2 radical (unpaired) electrons. The fourth-order valence-electron chi connectivity index (χ4n) is 0.306. The summed E-state index contributed by atoms with van der Waals surface area (Å²) in [7, 11) is 5.18. The Hall–Kier alpha value is 0.375. The average molecular weight is 115 g/mol. The molecule has 0 aromatic carbocycles. The summed E-state index contributed by atoms with van der Waals surface area (Å²) in [6.45, 7) is 1.86. The molecule has 0 saturated carbocycles. The van der Waals surface area contributed by atoms with Crippen LogP contribution >= 0.6 is 12.6 Å². The van der Waals surface area contributed by atoms with E-state index in [1.807, 2.05) is 0 Å². The monoisotopic (exact) mass is 115 g/mol. The maximum Gasteiger partial charge on any atom is 0.0670 e. The average Bonchev–Trinajstić information content (AvgIpc) is 1.69. The Labute approximate surface area is 51.7 Å². The third-order valence-corrected chi connectivity index (χ3v) is 0.833. The van der Waals surface area contributed by atoms with Gasteiger partial charge in [0.25, 0.3) is 0 Å². The fraction of sp³-hybridized carbons (Fsp3) is 1.00. The van der Waals surface area contributed by atoms with Crippen molar-refractivity contribution in [2.24, 2.45) is 0 Å². The normalized spacial score (nSPS) is 9.29. The van der Waals surface area contributed by atoms with Gasteiger partial charge in [0.05, 0.1) is 7.85 Å². The molecule has 0 aliphatic carbocycles. The summed E-state index contributed by atoms with van der Waals surface area (Å²) < 4.78 is 0. The van der Waals surface area contributed by atoms with Crippen LogP contribution in [0.15, 0.2) is 0 Å². The van der Waals surface area contributed by atoms with Crippen LogP contribution in [0.4, 0.5) is 0 Å². The van der Waals surface area contributed by atoms with E-state index in [-0.39, 0.29) is 0 Å². The first-order chi connectivity index (χ1) is 3.41. The molecule has 0 aromatic rings. The molecule has 40 valence electrons. The van der Waals surface area contributed by atoms with E-state index in [0.29, 0.717) is 6.32 Å². The van der Waals surface area contributed by atoms with Crippen molar-refractivity contribution >= 4 is 20.5 Å². The minimum absolute atomic E-state index is 0.716. The molecule has 3 heteroatoms. The summed E-state index contributed by atoms with van der Waals surface area (Å²) in [5.41, 5.74) is 0. The molecule has 7 heavy (non-hydrogen) atoms. The summed E-state index contributed by atoms with van der Waals surface area (Å²) in [6, 6.07) is 0. The first kappa shape index (κ1) is 7.37. The van der Waals surface area contributed by atoms with Gasteiger partial charge in [0.1, 0.15) is 0 Å². The van der Waals surface area contributed by atoms with Crippen molar-refractivity contribution in [3.63, 3.8) is 0 Å². The van der Waals surface area contributed by atoms with Gasteiger partial charge in [0, 0.05) is 12.3 Å². The van der Waals surface area contributed by atoms with Crippen LogP contribution in [0.2, 0.25) is 6.32 Å². The minimum Gasteiger partial charge on any atom is -0.317 e. The topological polar surface area (TPSA) is 12.0 Å². The Morgan fingerprint density at radius 1 is 1.43 bits per heavy atom. The largest absolute Gasteiger partial charge is 0.317 e. The zero-order chi connectivity index (χ0) is 5.54. The summed E-state index contributed by atoms with van der Waals surface area (Å²) in [4.78, 5) is 0. The van der Waals surface area contributed by atoms with E-state index in [1.54, 1.807) is 0 Å². The second-order valence-electron chi connectivity index (χ2n) is 1.26. The molecule has 0 aliphatic rings. The van der Waals surface area contributed by atoms with Crippen LogP contribution in [-0.2, 0) is 0 Å². The van der Waals surface area contributed by atoms with E-state index in [1.165, 1.54) is 0 Å². The highest BCUT2D eigenvalue weighted by molar-refractivity contribution is 7.80. The molecule has 1 N–H and O–H groups in total. The Bertz CT molecular complexity index is 30.9. The lowest BCUT2D eigenvalue weighted by Gasteiger charge is -1.95. The van der Waals surface area contributed by atoms with Crippen LogP contribution in [0.25, 0.3) is 0 Å². The number of hydrogen-bond donors (Lipinski definition) is 2. The Kier molecular flexibility index (Phi) is 6.72. The number of thiol groups is 1. The van der Waals surface area contributed by atoms with Gasteiger partial charge in [-0.3, -0.25) is 0 Å². The van der Waals surface area contributed by atoms with Gasteiger partial charge >= 0.3 is 0 Å². The van der Waals surface area contributed by atoms with E-state index in [9.17, 15) is 0 Å². The second kappa shape index (κ2) is 6.37.